The second-order valence-electron chi connectivity index (χ2n) is 8.38. The van der Waals surface area contributed by atoms with Crippen LogP contribution < -0.4 is 4.74 Å². The van der Waals surface area contributed by atoms with Crippen molar-refractivity contribution in [2.24, 2.45) is 5.92 Å². The van der Waals surface area contributed by atoms with Gasteiger partial charge in [0.15, 0.2) is 0 Å². The van der Waals surface area contributed by atoms with Gasteiger partial charge >= 0.3 is 5.97 Å². The predicted octanol–water partition coefficient (Wildman–Crippen LogP) is 5.47. The minimum Gasteiger partial charge on any atom is -0.490 e. The van der Waals surface area contributed by atoms with Crippen LogP contribution in [-0.4, -0.2) is 43.2 Å². The number of benzene rings is 1. The van der Waals surface area contributed by atoms with E-state index in [1.54, 1.807) is 0 Å². The Bertz CT molecular complexity index is 659. The van der Waals surface area contributed by atoms with Crippen molar-refractivity contribution in [2.75, 3.05) is 26.2 Å². The Labute approximate surface area is 176 Å². The maximum Gasteiger partial charge on any atom is 0.305 e. The molecule has 2 aliphatic rings. The van der Waals surface area contributed by atoms with Crippen LogP contribution in [0.4, 0.5) is 0 Å². The van der Waals surface area contributed by atoms with Crippen LogP contribution in [0.5, 0.6) is 5.75 Å². The molecule has 29 heavy (non-hydrogen) atoms. The Morgan fingerprint density at radius 3 is 2.48 bits per heavy atom. The highest BCUT2D eigenvalue weighted by molar-refractivity contribution is 5.69. The summed E-state index contributed by atoms with van der Waals surface area (Å²) in [6.07, 6.45) is 11.5. The number of hydrogen-bond donors (Lipinski definition) is 0. The number of esters is 1. The van der Waals surface area contributed by atoms with Crippen molar-refractivity contribution in [2.45, 2.75) is 71.3 Å². The standard InChI is InChI=1S/C25H37NO3/c1-3-20-7-11-23(12-8-20)29-24-13-9-21(10-14-24)22-15-18-26(19-16-22)17-5-6-25(27)28-4-2/h9-10,13-15,20,23H,3-8,11-12,16-19H2,1-2H3. The summed E-state index contributed by atoms with van der Waals surface area (Å²) in [7, 11) is 0. The second-order valence-corrected chi connectivity index (χ2v) is 8.38. The van der Waals surface area contributed by atoms with Gasteiger partial charge in [-0.05, 0) is 81.2 Å². The van der Waals surface area contributed by atoms with Crippen LogP contribution in [0.3, 0.4) is 0 Å². The first kappa shape index (κ1) is 21.9. The Morgan fingerprint density at radius 1 is 1.10 bits per heavy atom. The molecule has 0 N–H and O–H groups in total. The summed E-state index contributed by atoms with van der Waals surface area (Å²) in [5, 5.41) is 0. The molecule has 1 aliphatic carbocycles. The molecule has 1 aromatic rings. The van der Waals surface area contributed by atoms with Gasteiger partial charge in [-0.25, -0.2) is 0 Å². The average Bonchev–Trinajstić information content (AvgIpc) is 2.76. The van der Waals surface area contributed by atoms with Gasteiger partial charge in [-0.15, -0.1) is 0 Å². The van der Waals surface area contributed by atoms with E-state index in [0.717, 1.165) is 44.1 Å². The molecule has 4 nitrogen and oxygen atoms in total. The molecule has 0 bridgehead atoms. The second kappa shape index (κ2) is 11.4. The molecule has 160 valence electrons. The molecule has 4 heteroatoms. The Hall–Kier alpha value is -1.81. The van der Waals surface area contributed by atoms with E-state index in [1.165, 1.54) is 43.2 Å². The normalized spacial score (nSPS) is 22.8. The SMILES string of the molecule is CCOC(=O)CCCN1CC=C(c2ccc(OC3CCC(CC)CC3)cc2)CC1. The van der Waals surface area contributed by atoms with Gasteiger partial charge in [0.05, 0.1) is 12.7 Å². The van der Waals surface area contributed by atoms with Gasteiger partial charge in [-0.2, -0.15) is 0 Å². The molecule has 0 unspecified atom stereocenters. The molecule has 0 saturated heterocycles. The van der Waals surface area contributed by atoms with Crippen LogP contribution in [0.15, 0.2) is 30.3 Å². The van der Waals surface area contributed by atoms with Crippen LogP contribution in [0.2, 0.25) is 0 Å². The average molecular weight is 400 g/mol. The minimum absolute atomic E-state index is 0.0820. The third kappa shape index (κ3) is 6.88. The van der Waals surface area contributed by atoms with Crippen molar-refractivity contribution < 1.29 is 14.3 Å². The summed E-state index contributed by atoms with van der Waals surface area (Å²) in [5.74, 6) is 1.83. The smallest absolute Gasteiger partial charge is 0.305 e. The van der Waals surface area contributed by atoms with Crippen molar-refractivity contribution in [1.82, 2.24) is 4.90 Å². The van der Waals surface area contributed by atoms with Crippen LogP contribution in [0.25, 0.3) is 5.57 Å². The maximum absolute atomic E-state index is 11.4. The lowest BCUT2D eigenvalue weighted by Gasteiger charge is -2.28. The molecule has 0 amide bonds. The molecule has 0 aromatic heterocycles. The predicted molar refractivity (Wildman–Crippen MR) is 118 cm³/mol. The van der Waals surface area contributed by atoms with Gasteiger partial charge in [0, 0.05) is 19.5 Å². The van der Waals surface area contributed by atoms with E-state index in [0.29, 0.717) is 19.1 Å². The maximum atomic E-state index is 11.4. The third-order valence-corrected chi connectivity index (χ3v) is 6.35. The molecular weight excluding hydrogens is 362 g/mol. The highest BCUT2D eigenvalue weighted by Gasteiger charge is 2.21. The molecule has 3 rings (SSSR count). The van der Waals surface area contributed by atoms with E-state index >= 15 is 0 Å². The lowest BCUT2D eigenvalue weighted by molar-refractivity contribution is -0.143. The molecular formula is C25H37NO3. The first-order valence-corrected chi connectivity index (χ1v) is 11.5. The number of carbonyl (C=O) groups excluding carboxylic acids is 1. The fourth-order valence-corrected chi connectivity index (χ4v) is 4.45. The summed E-state index contributed by atoms with van der Waals surface area (Å²) < 4.78 is 11.2. The van der Waals surface area contributed by atoms with E-state index in [-0.39, 0.29) is 5.97 Å². The van der Waals surface area contributed by atoms with E-state index in [2.05, 4.69) is 42.2 Å². The first-order chi connectivity index (χ1) is 14.2. The number of hydrogen-bond acceptors (Lipinski definition) is 4. The van der Waals surface area contributed by atoms with Gasteiger partial charge < -0.3 is 9.47 Å². The summed E-state index contributed by atoms with van der Waals surface area (Å²) in [5.41, 5.74) is 2.72. The van der Waals surface area contributed by atoms with Crippen molar-refractivity contribution in [3.05, 3.63) is 35.9 Å². The van der Waals surface area contributed by atoms with E-state index in [1.807, 2.05) is 6.92 Å². The lowest BCUT2D eigenvalue weighted by Crippen LogP contribution is -2.29. The molecule has 1 aromatic carbocycles. The topological polar surface area (TPSA) is 38.8 Å². The number of nitrogens with zero attached hydrogens (tertiary/aromatic N) is 1. The molecule has 0 spiro atoms. The fraction of sp³-hybridized carbons (Fsp3) is 0.640. The molecule has 1 heterocycles. The van der Waals surface area contributed by atoms with Gasteiger partial charge in [0.1, 0.15) is 5.75 Å². The summed E-state index contributed by atoms with van der Waals surface area (Å²) in [6, 6.07) is 8.67. The number of ether oxygens (including phenoxy) is 2. The molecule has 1 aliphatic heterocycles. The summed E-state index contributed by atoms with van der Waals surface area (Å²) in [6.45, 7) is 7.58. The molecule has 0 atom stereocenters. The Morgan fingerprint density at radius 2 is 1.86 bits per heavy atom. The fourth-order valence-electron chi connectivity index (χ4n) is 4.45. The van der Waals surface area contributed by atoms with Gasteiger partial charge in [-0.3, -0.25) is 9.69 Å². The van der Waals surface area contributed by atoms with E-state index < -0.39 is 0 Å². The van der Waals surface area contributed by atoms with Crippen molar-refractivity contribution in [3.8, 4) is 5.75 Å². The summed E-state index contributed by atoms with van der Waals surface area (Å²) >= 11 is 0. The van der Waals surface area contributed by atoms with E-state index in [9.17, 15) is 4.79 Å². The van der Waals surface area contributed by atoms with Crippen molar-refractivity contribution in [3.63, 3.8) is 0 Å². The molecule has 1 fully saturated rings. The highest BCUT2D eigenvalue weighted by atomic mass is 16.5. The molecule has 0 radical (unpaired) electrons. The zero-order valence-electron chi connectivity index (χ0n) is 18.2. The number of carbonyl (C=O) groups is 1. The van der Waals surface area contributed by atoms with E-state index in [4.69, 9.17) is 9.47 Å². The quantitative estimate of drug-likeness (QED) is 0.516. The molecule has 1 saturated carbocycles. The van der Waals surface area contributed by atoms with Crippen LogP contribution >= 0.6 is 0 Å². The van der Waals surface area contributed by atoms with Crippen molar-refractivity contribution in [1.29, 1.82) is 0 Å². The van der Waals surface area contributed by atoms with Gasteiger partial charge in [0.2, 0.25) is 0 Å². The monoisotopic (exact) mass is 399 g/mol. The van der Waals surface area contributed by atoms with Crippen LogP contribution in [0, 0.1) is 5.92 Å². The Balaban J connectivity index is 1.42. The largest absolute Gasteiger partial charge is 0.490 e. The number of rotatable bonds is 9. The summed E-state index contributed by atoms with van der Waals surface area (Å²) in [4.78, 5) is 13.8. The lowest BCUT2D eigenvalue weighted by atomic mass is 9.86. The van der Waals surface area contributed by atoms with Gasteiger partial charge in [0.25, 0.3) is 0 Å². The van der Waals surface area contributed by atoms with Gasteiger partial charge in [-0.1, -0.05) is 31.6 Å². The van der Waals surface area contributed by atoms with Crippen LogP contribution in [-0.2, 0) is 9.53 Å². The van der Waals surface area contributed by atoms with Crippen molar-refractivity contribution >= 4 is 11.5 Å². The highest BCUT2D eigenvalue weighted by Crippen LogP contribution is 2.30. The zero-order valence-corrected chi connectivity index (χ0v) is 18.2. The third-order valence-electron chi connectivity index (χ3n) is 6.35. The first-order valence-electron chi connectivity index (χ1n) is 11.5. The minimum atomic E-state index is -0.0820. The zero-order chi connectivity index (χ0) is 20.5. The van der Waals surface area contributed by atoms with Crippen LogP contribution in [0.1, 0.15) is 70.8 Å². The Kier molecular flexibility index (Phi) is 8.60.